The van der Waals surface area contributed by atoms with Crippen LogP contribution in [-0.2, 0) is 16.1 Å². The van der Waals surface area contributed by atoms with Crippen molar-refractivity contribution in [2.24, 2.45) is 5.41 Å². The molecule has 1 aromatic heterocycles. The van der Waals surface area contributed by atoms with Crippen LogP contribution >= 0.6 is 0 Å². The number of benzene rings is 1. The Morgan fingerprint density at radius 3 is 2.55 bits per heavy atom. The summed E-state index contributed by atoms with van der Waals surface area (Å²) < 4.78 is 5.23. The molecule has 2 heterocycles. The van der Waals surface area contributed by atoms with E-state index in [9.17, 15) is 9.59 Å². The number of aromatic nitrogens is 1. The van der Waals surface area contributed by atoms with E-state index in [1.807, 2.05) is 36.4 Å². The third kappa shape index (κ3) is 3.37. The standard InChI is InChI=1S/C23H27N3O3/c1-25(16-17-7-6-14-24-15-17)21(27)20-23(12-4-3-5-13-23)22(28)26(20)18-8-10-19(29-2)11-9-18/h6-11,14-15,20H,3-5,12-13,16H2,1-2H3. The Morgan fingerprint density at radius 1 is 1.21 bits per heavy atom. The van der Waals surface area contributed by atoms with Crippen LogP contribution in [0.15, 0.2) is 48.8 Å². The molecule has 1 aromatic carbocycles. The van der Waals surface area contributed by atoms with E-state index in [1.165, 1.54) is 0 Å². The third-order valence-corrected chi connectivity index (χ3v) is 6.28. The van der Waals surface area contributed by atoms with Crippen LogP contribution in [0.25, 0.3) is 0 Å². The molecule has 0 N–H and O–H groups in total. The van der Waals surface area contributed by atoms with Gasteiger partial charge in [0.2, 0.25) is 11.8 Å². The molecule has 6 nitrogen and oxygen atoms in total. The Bertz CT molecular complexity index is 876. The number of hydrogen-bond donors (Lipinski definition) is 0. The summed E-state index contributed by atoms with van der Waals surface area (Å²) in [5.41, 5.74) is 1.17. The maximum atomic E-state index is 13.5. The van der Waals surface area contributed by atoms with Crippen molar-refractivity contribution in [3.8, 4) is 5.75 Å². The highest BCUT2D eigenvalue weighted by atomic mass is 16.5. The minimum atomic E-state index is -0.557. The summed E-state index contributed by atoms with van der Waals surface area (Å²) in [7, 11) is 3.42. The van der Waals surface area contributed by atoms with Gasteiger partial charge in [0, 0.05) is 31.7 Å². The zero-order valence-electron chi connectivity index (χ0n) is 17.0. The molecule has 1 saturated heterocycles. The summed E-state index contributed by atoms with van der Waals surface area (Å²) in [4.78, 5) is 34.4. The fraction of sp³-hybridized carbons (Fsp3) is 0.435. The molecule has 0 radical (unpaired) electrons. The molecule has 152 valence electrons. The number of β-lactam (4-membered cyclic amide) rings is 1. The molecular weight excluding hydrogens is 366 g/mol. The van der Waals surface area contributed by atoms with Crippen LogP contribution in [0.3, 0.4) is 0 Å². The van der Waals surface area contributed by atoms with Crippen molar-refractivity contribution in [1.29, 1.82) is 0 Å². The number of amides is 2. The van der Waals surface area contributed by atoms with E-state index in [0.29, 0.717) is 6.54 Å². The number of likely N-dealkylation sites (N-methyl/N-ethyl adjacent to an activating group) is 1. The van der Waals surface area contributed by atoms with Gasteiger partial charge in [0.25, 0.3) is 0 Å². The first-order valence-corrected chi connectivity index (χ1v) is 10.2. The van der Waals surface area contributed by atoms with Crippen LogP contribution in [-0.4, -0.2) is 41.9 Å². The van der Waals surface area contributed by atoms with E-state index in [1.54, 1.807) is 36.4 Å². The van der Waals surface area contributed by atoms with Gasteiger partial charge in [-0.15, -0.1) is 0 Å². The fourth-order valence-corrected chi connectivity index (χ4v) is 4.73. The summed E-state index contributed by atoms with van der Waals surface area (Å²) >= 11 is 0. The lowest BCUT2D eigenvalue weighted by Gasteiger charge is -2.57. The third-order valence-electron chi connectivity index (χ3n) is 6.28. The Labute approximate surface area is 171 Å². The summed E-state index contributed by atoms with van der Waals surface area (Å²) in [6.45, 7) is 0.476. The van der Waals surface area contributed by atoms with E-state index in [0.717, 1.165) is 49.1 Å². The topological polar surface area (TPSA) is 62.7 Å². The van der Waals surface area contributed by atoms with Gasteiger partial charge >= 0.3 is 0 Å². The molecule has 2 amide bonds. The Balaban J connectivity index is 1.62. The molecule has 2 fully saturated rings. The lowest BCUT2D eigenvalue weighted by Crippen LogP contribution is -2.74. The molecule has 1 saturated carbocycles. The molecule has 2 aliphatic rings. The minimum Gasteiger partial charge on any atom is -0.497 e. The normalized spacial score (nSPS) is 20.3. The molecule has 0 bridgehead atoms. The number of nitrogens with zero attached hydrogens (tertiary/aromatic N) is 3. The monoisotopic (exact) mass is 393 g/mol. The van der Waals surface area contributed by atoms with Gasteiger partial charge in [0.05, 0.1) is 12.5 Å². The number of rotatable bonds is 5. The Kier molecular flexibility index (Phi) is 5.26. The number of ether oxygens (including phenoxy) is 1. The quantitative estimate of drug-likeness (QED) is 0.731. The zero-order valence-corrected chi connectivity index (χ0v) is 17.0. The second-order valence-electron chi connectivity index (χ2n) is 8.05. The Hall–Kier alpha value is -2.89. The van der Waals surface area contributed by atoms with Gasteiger partial charge in [-0.2, -0.15) is 0 Å². The van der Waals surface area contributed by atoms with Crippen molar-refractivity contribution in [2.45, 2.75) is 44.7 Å². The average Bonchev–Trinajstić information content (AvgIpc) is 2.78. The van der Waals surface area contributed by atoms with Crippen molar-refractivity contribution >= 4 is 17.5 Å². The summed E-state index contributed by atoms with van der Waals surface area (Å²) in [6.07, 6.45) is 8.19. The number of hydrogen-bond acceptors (Lipinski definition) is 4. The predicted octanol–water partition coefficient (Wildman–Crippen LogP) is 3.41. The van der Waals surface area contributed by atoms with E-state index < -0.39 is 11.5 Å². The van der Waals surface area contributed by atoms with Crippen molar-refractivity contribution < 1.29 is 14.3 Å². The van der Waals surface area contributed by atoms with E-state index in [-0.39, 0.29) is 11.8 Å². The molecule has 1 unspecified atom stereocenters. The molecule has 1 atom stereocenters. The van der Waals surface area contributed by atoms with Gasteiger partial charge in [0.1, 0.15) is 11.8 Å². The number of methoxy groups -OCH3 is 1. The fourth-order valence-electron chi connectivity index (χ4n) is 4.73. The number of pyridine rings is 1. The van der Waals surface area contributed by atoms with Crippen LogP contribution in [0.1, 0.15) is 37.7 Å². The molecule has 6 heteroatoms. The van der Waals surface area contributed by atoms with Crippen LogP contribution < -0.4 is 9.64 Å². The van der Waals surface area contributed by atoms with Crippen LogP contribution in [0, 0.1) is 5.41 Å². The first kappa shape index (κ1) is 19.4. The predicted molar refractivity (Wildman–Crippen MR) is 110 cm³/mol. The Morgan fingerprint density at radius 2 is 1.93 bits per heavy atom. The van der Waals surface area contributed by atoms with Crippen LogP contribution in [0.2, 0.25) is 0 Å². The highest BCUT2D eigenvalue weighted by Gasteiger charge is 2.64. The first-order chi connectivity index (χ1) is 14.1. The average molecular weight is 393 g/mol. The van der Waals surface area contributed by atoms with Gasteiger partial charge in [-0.25, -0.2) is 0 Å². The van der Waals surface area contributed by atoms with Crippen LogP contribution in [0.5, 0.6) is 5.75 Å². The lowest BCUT2D eigenvalue weighted by molar-refractivity contribution is -0.155. The van der Waals surface area contributed by atoms with Crippen molar-refractivity contribution in [1.82, 2.24) is 9.88 Å². The first-order valence-electron chi connectivity index (χ1n) is 10.2. The minimum absolute atomic E-state index is 0.00817. The smallest absolute Gasteiger partial charge is 0.246 e. The SMILES string of the molecule is COc1ccc(N2C(=O)C3(CCCCC3)C2C(=O)N(C)Cc2cccnc2)cc1. The molecule has 1 spiro atoms. The zero-order chi connectivity index (χ0) is 20.4. The summed E-state index contributed by atoms with van der Waals surface area (Å²) in [5.74, 6) is 0.798. The maximum absolute atomic E-state index is 13.5. The second kappa shape index (κ2) is 7.85. The molecule has 1 aliphatic heterocycles. The van der Waals surface area contributed by atoms with Gasteiger partial charge in [-0.3, -0.25) is 19.5 Å². The highest BCUT2D eigenvalue weighted by molar-refractivity contribution is 6.14. The lowest BCUT2D eigenvalue weighted by atomic mass is 9.61. The molecule has 29 heavy (non-hydrogen) atoms. The van der Waals surface area contributed by atoms with Gasteiger partial charge in [-0.1, -0.05) is 25.3 Å². The summed E-state index contributed by atoms with van der Waals surface area (Å²) in [6, 6.07) is 10.7. The largest absolute Gasteiger partial charge is 0.497 e. The van der Waals surface area contributed by atoms with Crippen molar-refractivity contribution in [2.75, 3.05) is 19.1 Å². The second-order valence-corrected chi connectivity index (χ2v) is 8.05. The molecular formula is C23H27N3O3. The van der Waals surface area contributed by atoms with Crippen molar-refractivity contribution in [3.63, 3.8) is 0 Å². The van der Waals surface area contributed by atoms with Crippen LogP contribution in [0.4, 0.5) is 5.69 Å². The summed E-state index contributed by atoms with van der Waals surface area (Å²) in [5, 5.41) is 0. The van der Waals surface area contributed by atoms with E-state index in [2.05, 4.69) is 4.98 Å². The van der Waals surface area contributed by atoms with Gasteiger partial charge in [-0.05, 0) is 48.7 Å². The maximum Gasteiger partial charge on any atom is 0.246 e. The number of carbonyl (C=O) groups excluding carboxylic acids is 2. The van der Waals surface area contributed by atoms with E-state index in [4.69, 9.17) is 4.74 Å². The van der Waals surface area contributed by atoms with Crippen molar-refractivity contribution in [3.05, 3.63) is 54.4 Å². The van der Waals surface area contributed by atoms with Gasteiger partial charge in [0.15, 0.2) is 0 Å². The number of anilines is 1. The van der Waals surface area contributed by atoms with Gasteiger partial charge < -0.3 is 9.64 Å². The highest BCUT2D eigenvalue weighted by Crippen LogP contribution is 2.52. The van der Waals surface area contributed by atoms with E-state index >= 15 is 0 Å². The molecule has 2 aromatic rings. The molecule has 4 rings (SSSR count). The molecule has 1 aliphatic carbocycles. The number of carbonyl (C=O) groups is 2.